The summed E-state index contributed by atoms with van der Waals surface area (Å²) >= 11 is 0. The first kappa shape index (κ1) is 18.0. The summed E-state index contributed by atoms with van der Waals surface area (Å²) in [6.45, 7) is 5.32. The molecule has 128 valence electrons. The van der Waals surface area contributed by atoms with Gasteiger partial charge in [0.15, 0.2) is 0 Å². The van der Waals surface area contributed by atoms with E-state index in [0.29, 0.717) is 24.8 Å². The van der Waals surface area contributed by atoms with E-state index in [0.717, 1.165) is 18.4 Å². The van der Waals surface area contributed by atoms with Gasteiger partial charge in [0.2, 0.25) is 0 Å². The third kappa shape index (κ3) is 4.82. The first-order valence-corrected chi connectivity index (χ1v) is 8.49. The molecule has 0 N–H and O–H groups in total. The molecular weight excluding hydrogens is 305 g/mol. The van der Waals surface area contributed by atoms with Gasteiger partial charge in [0.25, 0.3) is 0 Å². The van der Waals surface area contributed by atoms with E-state index in [9.17, 15) is 9.18 Å². The van der Waals surface area contributed by atoms with E-state index in [1.54, 1.807) is 17.0 Å². The van der Waals surface area contributed by atoms with Gasteiger partial charge in [0.05, 0.1) is 0 Å². The van der Waals surface area contributed by atoms with Gasteiger partial charge in [0, 0.05) is 13.1 Å². The lowest BCUT2D eigenvalue weighted by Crippen LogP contribution is -2.39. The fourth-order valence-electron chi connectivity index (χ4n) is 2.78. The Morgan fingerprint density at radius 3 is 2.17 bits per heavy atom. The molecule has 0 bridgehead atoms. The summed E-state index contributed by atoms with van der Waals surface area (Å²) in [7, 11) is 0. The number of halogens is 1. The molecule has 4 heteroatoms. The quantitative estimate of drug-likeness (QED) is 0.755. The summed E-state index contributed by atoms with van der Waals surface area (Å²) in [5.41, 5.74) is 1.14. The number of carbonyl (C=O) groups excluding carboxylic acids is 1. The molecule has 0 unspecified atom stereocenters. The van der Waals surface area contributed by atoms with E-state index in [1.807, 2.05) is 44.2 Å². The van der Waals surface area contributed by atoms with Gasteiger partial charge in [-0.05, 0) is 48.6 Å². The topological polar surface area (TPSA) is 29.5 Å². The summed E-state index contributed by atoms with van der Waals surface area (Å²) in [4.78, 5) is 13.8. The standard InChI is InChI=1S/C18H18FNO2.C2H6/c19-16-8-6-14(7-9-16)15-10-12-20(13-11-15)18(21)22-17-4-2-1-3-5-17;1-2/h1-9,15H,10-13H2;1-2H3. The van der Waals surface area contributed by atoms with Crippen molar-refractivity contribution in [3.8, 4) is 5.75 Å². The molecule has 24 heavy (non-hydrogen) atoms. The Bertz CT molecular complexity index is 620. The number of amides is 1. The zero-order valence-corrected chi connectivity index (χ0v) is 14.2. The Morgan fingerprint density at radius 1 is 1.00 bits per heavy atom. The molecule has 0 spiro atoms. The molecule has 1 saturated heterocycles. The molecule has 1 amide bonds. The average molecular weight is 329 g/mol. The molecule has 1 aliphatic heterocycles. The Labute approximate surface area is 143 Å². The third-order valence-corrected chi connectivity index (χ3v) is 4.04. The highest BCUT2D eigenvalue weighted by molar-refractivity contribution is 5.70. The zero-order valence-electron chi connectivity index (χ0n) is 14.2. The molecule has 2 aromatic rings. The van der Waals surface area contributed by atoms with E-state index in [1.165, 1.54) is 12.1 Å². The second-order valence-corrected chi connectivity index (χ2v) is 5.49. The molecule has 1 aliphatic rings. The molecule has 1 fully saturated rings. The molecular formula is C20H24FNO2. The van der Waals surface area contributed by atoms with Crippen molar-refractivity contribution in [2.24, 2.45) is 0 Å². The van der Waals surface area contributed by atoms with Crippen molar-refractivity contribution < 1.29 is 13.9 Å². The van der Waals surface area contributed by atoms with Crippen LogP contribution in [-0.4, -0.2) is 24.1 Å². The van der Waals surface area contributed by atoms with Gasteiger partial charge in [-0.15, -0.1) is 0 Å². The Kier molecular flexibility index (Phi) is 6.79. The Hall–Kier alpha value is -2.36. The minimum absolute atomic E-state index is 0.215. The number of likely N-dealkylation sites (tertiary alicyclic amines) is 1. The van der Waals surface area contributed by atoms with Crippen LogP contribution in [0, 0.1) is 5.82 Å². The molecule has 0 atom stereocenters. The molecule has 1 heterocycles. The number of benzene rings is 2. The smallest absolute Gasteiger partial charge is 0.410 e. The summed E-state index contributed by atoms with van der Waals surface area (Å²) in [5.74, 6) is 0.724. The van der Waals surface area contributed by atoms with Crippen LogP contribution >= 0.6 is 0 Å². The van der Waals surface area contributed by atoms with Crippen molar-refractivity contribution in [1.29, 1.82) is 0 Å². The summed E-state index contributed by atoms with van der Waals surface area (Å²) in [5, 5.41) is 0. The van der Waals surface area contributed by atoms with E-state index < -0.39 is 0 Å². The van der Waals surface area contributed by atoms with Crippen LogP contribution in [0.15, 0.2) is 54.6 Å². The minimum atomic E-state index is -0.302. The van der Waals surface area contributed by atoms with Crippen molar-refractivity contribution in [3.63, 3.8) is 0 Å². The predicted octanol–water partition coefficient (Wildman–Crippen LogP) is 5.23. The van der Waals surface area contributed by atoms with Gasteiger partial charge < -0.3 is 9.64 Å². The third-order valence-electron chi connectivity index (χ3n) is 4.04. The van der Waals surface area contributed by atoms with Gasteiger partial charge >= 0.3 is 6.09 Å². The number of nitrogens with zero attached hydrogens (tertiary/aromatic N) is 1. The maximum atomic E-state index is 13.0. The number of ether oxygens (including phenoxy) is 1. The van der Waals surface area contributed by atoms with Gasteiger partial charge in [-0.1, -0.05) is 44.2 Å². The highest BCUT2D eigenvalue weighted by Crippen LogP contribution is 2.28. The predicted molar refractivity (Wildman–Crippen MR) is 93.8 cm³/mol. The van der Waals surface area contributed by atoms with Crippen LogP contribution in [0.2, 0.25) is 0 Å². The first-order chi connectivity index (χ1) is 11.7. The fraction of sp³-hybridized carbons (Fsp3) is 0.350. The number of piperidine rings is 1. The molecule has 0 radical (unpaired) electrons. The van der Waals surface area contributed by atoms with Crippen molar-refractivity contribution in [3.05, 3.63) is 66.0 Å². The van der Waals surface area contributed by atoms with E-state index in [4.69, 9.17) is 4.74 Å². The second kappa shape index (κ2) is 9.06. The van der Waals surface area contributed by atoms with E-state index in [-0.39, 0.29) is 11.9 Å². The molecule has 0 aromatic heterocycles. The Balaban J connectivity index is 0.00000100. The molecule has 2 aromatic carbocycles. The van der Waals surface area contributed by atoms with E-state index in [2.05, 4.69) is 0 Å². The van der Waals surface area contributed by atoms with Crippen molar-refractivity contribution in [2.75, 3.05) is 13.1 Å². The van der Waals surface area contributed by atoms with Crippen molar-refractivity contribution >= 4 is 6.09 Å². The first-order valence-electron chi connectivity index (χ1n) is 8.49. The monoisotopic (exact) mass is 329 g/mol. The van der Waals surface area contributed by atoms with Crippen molar-refractivity contribution in [2.45, 2.75) is 32.6 Å². The van der Waals surface area contributed by atoms with Crippen molar-refractivity contribution in [1.82, 2.24) is 4.90 Å². The fourth-order valence-corrected chi connectivity index (χ4v) is 2.78. The van der Waals surface area contributed by atoms with Crippen LogP contribution in [0.3, 0.4) is 0 Å². The molecule has 3 rings (SSSR count). The maximum absolute atomic E-state index is 13.0. The van der Waals surface area contributed by atoms with Crippen LogP contribution in [0.1, 0.15) is 38.2 Å². The van der Waals surface area contributed by atoms with Crippen LogP contribution in [0.4, 0.5) is 9.18 Å². The zero-order chi connectivity index (χ0) is 17.4. The highest BCUT2D eigenvalue weighted by Gasteiger charge is 2.25. The van der Waals surface area contributed by atoms with Gasteiger partial charge in [-0.25, -0.2) is 9.18 Å². The number of carbonyl (C=O) groups is 1. The number of hydrogen-bond acceptors (Lipinski definition) is 2. The molecule has 0 aliphatic carbocycles. The largest absolute Gasteiger partial charge is 0.415 e. The summed E-state index contributed by atoms with van der Waals surface area (Å²) in [6.07, 6.45) is 1.44. The van der Waals surface area contributed by atoms with Gasteiger partial charge in [0.1, 0.15) is 11.6 Å². The highest BCUT2D eigenvalue weighted by atomic mass is 19.1. The van der Waals surface area contributed by atoms with Gasteiger partial charge in [-0.2, -0.15) is 0 Å². The average Bonchev–Trinajstić information content (AvgIpc) is 2.65. The SMILES string of the molecule is CC.O=C(Oc1ccccc1)N1CCC(c2ccc(F)cc2)CC1. The molecule has 0 saturated carbocycles. The second-order valence-electron chi connectivity index (χ2n) is 5.49. The van der Waals surface area contributed by atoms with Crippen LogP contribution < -0.4 is 4.74 Å². The number of rotatable bonds is 2. The lowest BCUT2D eigenvalue weighted by atomic mass is 9.89. The minimum Gasteiger partial charge on any atom is -0.410 e. The normalized spacial score (nSPS) is 14.5. The number of para-hydroxylation sites is 1. The molecule has 3 nitrogen and oxygen atoms in total. The maximum Gasteiger partial charge on any atom is 0.415 e. The summed E-state index contributed by atoms with van der Waals surface area (Å²) in [6, 6.07) is 15.7. The van der Waals surface area contributed by atoms with Crippen LogP contribution in [0.5, 0.6) is 5.75 Å². The number of hydrogen-bond donors (Lipinski definition) is 0. The lowest BCUT2D eigenvalue weighted by Gasteiger charge is -2.31. The summed E-state index contributed by atoms with van der Waals surface area (Å²) < 4.78 is 18.3. The van der Waals surface area contributed by atoms with Crippen LogP contribution in [0.25, 0.3) is 0 Å². The van der Waals surface area contributed by atoms with Gasteiger partial charge in [-0.3, -0.25) is 0 Å². The Morgan fingerprint density at radius 2 is 1.58 bits per heavy atom. The van der Waals surface area contributed by atoms with Crippen LogP contribution in [-0.2, 0) is 0 Å². The lowest BCUT2D eigenvalue weighted by molar-refractivity contribution is 0.138. The van der Waals surface area contributed by atoms with E-state index >= 15 is 0 Å².